The highest BCUT2D eigenvalue weighted by Gasteiger charge is 2.33. The van der Waals surface area contributed by atoms with Crippen LogP contribution in [0.5, 0.6) is 11.6 Å². The zero-order chi connectivity index (χ0) is 21.6. The summed E-state index contributed by atoms with van der Waals surface area (Å²) in [7, 11) is 3.26. The maximum Gasteiger partial charge on any atom is 0.415 e. The number of carboxylic acids is 1. The number of benzene rings is 1. The number of pyridine rings is 1. The SMILES string of the molecule is CC(C)(C)OC(=O)N1C=CC[C@H]1C(=O)O.COc1ccc2ccnc(OC)c2c1. The molecule has 0 radical (unpaired) electrons. The molecule has 0 spiro atoms. The lowest BCUT2D eigenvalue weighted by molar-refractivity contribution is -0.141. The largest absolute Gasteiger partial charge is 0.497 e. The van der Waals surface area contributed by atoms with E-state index < -0.39 is 23.7 Å². The van der Waals surface area contributed by atoms with Gasteiger partial charge in [0.2, 0.25) is 5.88 Å². The molecule has 0 unspecified atom stereocenters. The normalized spacial score (nSPS) is 15.5. The Morgan fingerprint density at radius 3 is 2.48 bits per heavy atom. The van der Waals surface area contributed by atoms with E-state index in [0.717, 1.165) is 21.4 Å². The van der Waals surface area contributed by atoms with E-state index in [4.69, 9.17) is 19.3 Å². The summed E-state index contributed by atoms with van der Waals surface area (Å²) in [4.78, 5) is 27.6. The maximum atomic E-state index is 11.6. The Balaban J connectivity index is 0.000000207. The Bertz CT molecular complexity index is 904. The Morgan fingerprint density at radius 1 is 1.17 bits per heavy atom. The standard InChI is InChI=1S/C11H11NO2.C10H15NO4/c1-13-9-4-3-8-5-6-12-11(14-2)10(8)7-9;1-10(2,3)15-9(14)11-6-4-5-7(11)8(12)13/h3-7H,1-2H3;4,6-7H,5H2,1-3H3,(H,12,13)/t;7-/m.0/s1. The summed E-state index contributed by atoms with van der Waals surface area (Å²) < 4.78 is 15.4. The van der Waals surface area contributed by atoms with Crippen molar-refractivity contribution in [2.24, 2.45) is 0 Å². The van der Waals surface area contributed by atoms with Crippen LogP contribution in [-0.4, -0.2) is 52.9 Å². The fourth-order valence-electron chi connectivity index (χ4n) is 2.65. The molecule has 0 bridgehead atoms. The van der Waals surface area contributed by atoms with Crippen LogP contribution in [0.1, 0.15) is 27.2 Å². The molecular weight excluding hydrogens is 376 g/mol. The van der Waals surface area contributed by atoms with Gasteiger partial charge in [-0.25, -0.2) is 14.6 Å². The number of carbonyl (C=O) groups excluding carboxylic acids is 1. The molecule has 8 heteroatoms. The fraction of sp³-hybridized carbons (Fsp3) is 0.381. The van der Waals surface area contributed by atoms with E-state index in [9.17, 15) is 9.59 Å². The van der Waals surface area contributed by atoms with Gasteiger partial charge in [-0.3, -0.25) is 4.90 Å². The van der Waals surface area contributed by atoms with Gasteiger partial charge in [-0.2, -0.15) is 0 Å². The predicted molar refractivity (Wildman–Crippen MR) is 108 cm³/mol. The molecule has 8 nitrogen and oxygen atoms in total. The Kier molecular flexibility index (Phi) is 7.03. The van der Waals surface area contributed by atoms with Crippen molar-refractivity contribution in [2.45, 2.75) is 38.8 Å². The molecule has 1 aromatic carbocycles. The monoisotopic (exact) mass is 402 g/mol. The van der Waals surface area contributed by atoms with Crippen LogP contribution < -0.4 is 9.47 Å². The minimum Gasteiger partial charge on any atom is -0.497 e. The number of amides is 1. The van der Waals surface area contributed by atoms with Crippen molar-refractivity contribution >= 4 is 22.8 Å². The van der Waals surface area contributed by atoms with E-state index in [1.54, 1.807) is 47.3 Å². The molecule has 1 aliphatic rings. The van der Waals surface area contributed by atoms with Crippen LogP contribution in [-0.2, 0) is 9.53 Å². The van der Waals surface area contributed by atoms with Crippen LogP contribution in [0, 0.1) is 0 Å². The van der Waals surface area contributed by atoms with Gasteiger partial charge in [-0.05, 0) is 50.8 Å². The van der Waals surface area contributed by atoms with Crippen molar-refractivity contribution in [2.75, 3.05) is 14.2 Å². The molecule has 0 aliphatic carbocycles. The summed E-state index contributed by atoms with van der Waals surface area (Å²) in [6.45, 7) is 5.21. The van der Waals surface area contributed by atoms with Gasteiger partial charge in [-0.15, -0.1) is 0 Å². The van der Waals surface area contributed by atoms with Crippen LogP contribution in [0.3, 0.4) is 0 Å². The van der Waals surface area contributed by atoms with Gasteiger partial charge in [0, 0.05) is 17.8 Å². The number of carboxylic acid groups (broad SMARTS) is 1. The number of methoxy groups -OCH3 is 2. The van der Waals surface area contributed by atoms with Crippen molar-refractivity contribution in [3.05, 3.63) is 42.7 Å². The van der Waals surface area contributed by atoms with Crippen LogP contribution >= 0.6 is 0 Å². The van der Waals surface area contributed by atoms with Crippen LogP contribution in [0.25, 0.3) is 10.8 Å². The molecule has 0 fully saturated rings. The lowest BCUT2D eigenvalue weighted by Crippen LogP contribution is -2.41. The third kappa shape index (κ3) is 5.84. The average Bonchev–Trinajstić information content (AvgIpc) is 3.16. The second kappa shape index (κ2) is 9.27. The lowest BCUT2D eigenvalue weighted by Gasteiger charge is -2.25. The third-order valence-electron chi connectivity index (χ3n) is 3.98. The van der Waals surface area contributed by atoms with E-state index in [2.05, 4.69) is 4.98 Å². The van der Waals surface area contributed by atoms with Gasteiger partial charge in [0.15, 0.2) is 0 Å². The van der Waals surface area contributed by atoms with Gasteiger partial charge in [0.05, 0.1) is 14.2 Å². The molecule has 29 heavy (non-hydrogen) atoms. The molecular formula is C21H26N2O6. The molecule has 0 saturated carbocycles. The average molecular weight is 402 g/mol. The molecule has 0 saturated heterocycles. The van der Waals surface area contributed by atoms with Gasteiger partial charge >= 0.3 is 12.1 Å². The highest BCUT2D eigenvalue weighted by atomic mass is 16.6. The van der Waals surface area contributed by atoms with E-state index in [1.165, 1.54) is 6.20 Å². The first-order valence-electron chi connectivity index (χ1n) is 9.04. The molecule has 1 amide bonds. The summed E-state index contributed by atoms with van der Waals surface area (Å²) in [6, 6.07) is 6.93. The lowest BCUT2D eigenvalue weighted by atomic mass is 10.1. The van der Waals surface area contributed by atoms with Gasteiger partial charge in [0.1, 0.15) is 17.4 Å². The first-order chi connectivity index (χ1) is 13.7. The molecule has 2 aromatic rings. The zero-order valence-electron chi connectivity index (χ0n) is 17.2. The molecule has 1 aliphatic heterocycles. The summed E-state index contributed by atoms with van der Waals surface area (Å²) in [5.74, 6) is 0.413. The predicted octanol–water partition coefficient (Wildman–Crippen LogP) is 3.85. The molecule has 2 heterocycles. The number of carbonyl (C=O) groups is 2. The Morgan fingerprint density at radius 2 is 1.90 bits per heavy atom. The summed E-state index contributed by atoms with van der Waals surface area (Å²) in [5.41, 5.74) is -0.615. The second-order valence-corrected chi connectivity index (χ2v) is 7.27. The minimum atomic E-state index is -1.02. The highest BCUT2D eigenvalue weighted by Crippen LogP contribution is 2.26. The summed E-state index contributed by atoms with van der Waals surface area (Å²) in [5, 5.41) is 10.9. The Hall–Kier alpha value is -3.29. The van der Waals surface area contributed by atoms with E-state index in [1.807, 2.05) is 24.3 Å². The topological polar surface area (TPSA) is 98.2 Å². The summed E-state index contributed by atoms with van der Waals surface area (Å²) in [6.07, 6.45) is 4.53. The van der Waals surface area contributed by atoms with Crippen molar-refractivity contribution in [3.63, 3.8) is 0 Å². The van der Waals surface area contributed by atoms with Crippen LogP contribution in [0.4, 0.5) is 4.79 Å². The maximum absolute atomic E-state index is 11.6. The van der Waals surface area contributed by atoms with Crippen LogP contribution in [0.15, 0.2) is 42.7 Å². The number of rotatable bonds is 3. The van der Waals surface area contributed by atoms with E-state index >= 15 is 0 Å². The molecule has 3 rings (SSSR count). The molecule has 1 aromatic heterocycles. The van der Waals surface area contributed by atoms with Gasteiger partial charge < -0.3 is 19.3 Å². The number of nitrogens with zero attached hydrogens (tertiary/aromatic N) is 2. The smallest absolute Gasteiger partial charge is 0.415 e. The fourth-order valence-corrected chi connectivity index (χ4v) is 2.65. The number of hydrogen-bond acceptors (Lipinski definition) is 6. The first kappa shape index (κ1) is 22.0. The molecule has 156 valence electrons. The third-order valence-corrected chi connectivity index (χ3v) is 3.98. The molecule has 1 N–H and O–H groups in total. The van der Waals surface area contributed by atoms with Crippen molar-refractivity contribution in [1.82, 2.24) is 9.88 Å². The van der Waals surface area contributed by atoms with Crippen molar-refractivity contribution < 1.29 is 28.9 Å². The first-order valence-corrected chi connectivity index (χ1v) is 9.04. The number of hydrogen-bond donors (Lipinski definition) is 1. The second-order valence-electron chi connectivity index (χ2n) is 7.27. The van der Waals surface area contributed by atoms with Crippen molar-refractivity contribution in [1.29, 1.82) is 0 Å². The van der Waals surface area contributed by atoms with E-state index in [0.29, 0.717) is 12.3 Å². The number of fused-ring (bicyclic) bond motifs is 1. The number of ether oxygens (including phenoxy) is 3. The quantitative estimate of drug-likeness (QED) is 0.833. The van der Waals surface area contributed by atoms with Crippen molar-refractivity contribution in [3.8, 4) is 11.6 Å². The van der Waals surface area contributed by atoms with E-state index in [-0.39, 0.29) is 0 Å². The highest BCUT2D eigenvalue weighted by molar-refractivity contribution is 5.88. The number of aliphatic carboxylic acids is 1. The van der Waals surface area contributed by atoms with Gasteiger partial charge in [-0.1, -0.05) is 12.1 Å². The van der Waals surface area contributed by atoms with Crippen LogP contribution in [0.2, 0.25) is 0 Å². The van der Waals surface area contributed by atoms with Gasteiger partial charge in [0.25, 0.3) is 0 Å². The summed E-state index contributed by atoms with van der Waals surface area (Å²) >= 11 is 0. The Labute approximate surface area is 169 Å². The molecule has 1 atom stereocenters. The zero-order valence-corrected chi connectivity index (χ0v) is 17.2. The minimum absolute atomic E-state index is 0.328. The number of aromatic nitrogens is 1.